The first-order chi connectivity index (χ1) is 16.2. The molecule has 8 N–H and O–H groups in total. The molecule has 178 valence electrons. The van der Waals surface area contributed by atoms with E-state index in [0.29, 0.717) is 11.1 Å². The third-order valence-electron chi connectivity index (χ3n) is 5.21. The van der Waals surface area contributed by atoms with Crippen LogP contribution in [0.5, 0.6) is 5.75 Å². The minimum Gasteiger partial charge on any atom is -0.508 e. The second-order valence-electron chi connectivity index (χ2n) is 7.35. The van der Waals surface area contributed by atoms with Crippen LogP contribution in [0.4, 0.5) is 0 Å². The number of β-lactam (4-membered cyclic amide) rings is 1. The average molecular weight is 506 g/mol. The van der Waals surface area contributed by atoms with Gasteiger partial charge in [0.15, 0.2) is 10.7 Å². The van der Waals surface area contributed by atoms with Gasteiger partial charge in [0.2, 0.25) is 5.91 Å². The van der Waals surface area contributed by atoms with Gasteiger partial charge >= 0.3 is 5.97 Å². The summed E-state index contributed by atoms with van der Waals surface area (Å²) in [5.74, 6) is -2.78. The first-order valence-electron chi connectivity index (χ1n) is 9.77. The number of phenols is 1. The minimum atomic E-state index is -1.28. The molecule has 2 aliphatic rings. The monoisotopic (exact) mass is 505 g/mol. The number of H-pyrrole nitrogens is 1. The summed E-state index contributed by atoms with van der Waals surface area (Å²) in [5.41, 5.74) is 11.9. The maximum Gasteiger partial charge on any atom is 0.352 e. The lowest BCUT2D eigenvalue weighted by Gasteiger charge is -2.49. The number of hydrogen-bond acceptors (Lipinski definition) is 10. The molecule has 1 aromatic heterocycles. The summed E-state index contributed by atoms with van der Waals surface area (Å²) < 4.78 is 0. The Morgan fingerprint density at radius 1 is 1.29 bits per heavy atom. The summed E-state index contributed by atoms with van der Waals surface area (Å²) in [6.45, 7) is 0. The fourth-order valence-electron chi connectivity index (χ4n) is 3.51. The van der Waals surface area contributed by atoms with Gasteiger partial charge in [-0.3, -0.25) is 19.3 Å². The molecule has 3 atom stereocenters. The number of phenolic OH excluding ortho intramolecular Hbond substituents is 1. The number of aliphatic carboxylic acids is 1. The van der Waals surface area contributed by atoms with Crippen LogP contribution in [0.3, 0.4) is 0 Å². The molecule has 1 aromatic carbocycles. The number of aromatic amines is 1. The molecule has 2 aromatic rings. The summed E-state index contributed by atoms with van der Waals surface area (Å²) in [6, 6.07) is 3.78. The number of nitrogens with two attached hydrogens (primary N) is 2. The predicted octanol–water partition coefficient (Wildman–Crippen LogP) is -0.860. The molecule has 2 aliphatic heterocycles. The number of aromatic hydroxyl groups is 1. The van der Waals surface area contributed by atoms with Crippen LogP contribution in [0.25, 0.3) is 0 Å². The predicted molar refractivity (Wildman–Crippen MR) is 120 cm³/mol. The molecule has 0 saturated carbocycles. The highest BCUT2D eigenvalue weighted by atomic mass is 32.2. The van der Waals surface area contributed by atoms with Crippen molar-refractivity contribution in [1.82, 2.24) is 25.6 Å². The van der Waals surface area contributed by atoms with Crippen molar-refractivity contribution >= 4 is 47.2 Å². The van der Waals surface area contributed by atoms with Gasteiger partial charge in [-0.15, -0.1) is 22.0 Å². The second-order valence-corrected chi connectivity index (χ2v) is 9.42. The van der Waals surface area contributed by atoms with Crippen LogP contribution in [0.2, 0.25) is 0 Å². The molecule has 0 aliphatic carbocycles. The number of primary amides is 1. The van der Waals surface area contributed by atoms with Gasteiger partial charge in [-0.05, 0) is 23.3 Å². The largest absolute Gasteiger partial charge is 0.508 e. The summed E-state index contributed by atoms with van der Waals surface area (Å²) in [4.78, 5) is 49.9. The smallest absolute Gasteiger partial charge is 0.352 e. The molecule has 0 radical (unpaired) electrons. The zero-order valence-corrected chi connectivity index (χ0v) is 18.9. The fraction of sp³-hybridized carbons (Fsp3) is 0.263. The lowest BCUT2D eigenvalue weighted by atomic mass is 10.0. The topological polar surface area (TPSA) is 218 Å². The van der Waals surface area contributed by atoms with Crippen molar-refractivity contribution in [3.8, 4) is 5.75 Å². The SMILES string of the molecule is NC(=O)c1n[nH]nc1SCC1=C(C(=O)O)N2C(=O)C(NC(=O)[C@H](N)c3ccc(O)cc3)[C@H]2SC1. The van der Waals surface area contributed by atoms with Crippen LogP contribution in [0, 0.1) is 0 Å². The van der Waals surface area contributed by atoms with Crippen molar-refractivity contribution in [2.45, 2.75) is 22.5 Å². The van der Waals surface area contributed by atoms with Gasteiger partial charge in [0, 0.05) is 11.5 Å². The zero-order valence-electron chi connectivity index (χ0n) is 17.3. The van der Waals surface area contributed by atoms with Gasteiger partial charge in [0.05, 0.1) is 0 Å². The lowest BCUT2D eigenvalue weighted by Crippen LogP contribution is -2.71. The number of carbonyl (C=O) groups is 4. The third-order valence-corrected chi connectivity index (χ3v) is 7.61. The van der Waals surface area contributed by atoms with Crippen LogP contribution in [-0.2, 0) is 14.4 Å². The minimum absolute atomic E-state index is 0.0242. The summed E-state index contributed by atoms with van der Waals surface area (Å²) in [7, 11) is 0. The number of carbonyl (C=O) groups excluding carboxylic acids is 3. The van der Waals surface area contributed by atoms with Crippen molar-refractivity contribution in [2.75, 3.05) is 11.5 Å². The third kappa shape index (κ3) is 4.32. The summed E-state index contributed by atoms with van der Waals surface area (Å²) in [6.07, 6.45) is 0. The van der Waals surface area contributed by atoms with E-state index in [1.165, 1.54) is 36.0 Å². The zero-order chi connectivity index (χ0) is 24.6. The van der Waals surface area contributed by atoms with Crippen molar-refractivity contribution in [2.24, 2.45) is 11.5 Å². The van der Waals surface area contributed by atoms with Crippen molar-refractivity contribution in [3.05, 3.63) is 46.8 Å². The number of amides is 3. The fourth-order valence-corrected chi connectivity index (χ4v) is 5.92. The van der Waals surface area contributed by atoms with Crippen molar-refractivity contribution < 1.29 is 29.4 Å². The highest BCUT2D eigenvalue weighted by Crippen LogP contribution is 2.41. The Bertz CT molecular complexity index is 1200. The van der Waals surface area contributed by atoms with E-state index in [-0.39, 0.29) is 33.7 Å². The van der Waals surface area contributed by atoms with E-state index in [2.05, 4.69) is 20.7 Å². The number of carboxylic acids is 1. The van der Waals surface area contributed by atoms with Gasteiger partial charge < -0.3 is 27.0 Å². The summed E-state index contributed by atoms with van der Waals surface area (Å²) in [5, 5.41) is 31.2. The molecule has 13 nitrogen and oxygen atoms in total. The van der Waals surface area contributed by atoms with Gasteiger partial charge in [-0.2, -0.15) is 5.21 Å². The molecule has 34 heavy (non-hydrogen) atoms. The Kier molecular flexibility index (Phi) is 6.49. The Labute approximate surface area is 200 Å². The molecule has 15 heteroatoms. The lowest BCUT2D eigenvalue weighted by molar-refractivity contribution is -0.150. The highest BCUT2D eigenvalue weighted by Gasteiger charge is 2.54. The van der Waals surface area contributed by atoms with Crippen LogP contribution in [0.15, 0.2) is 40.6 Å². The van der Waals surface area contributed by atoms with Crippen LogP contribution < -0.4 is 16.8 Å². The normalized spacial score (nSPS) is 20.4. The maximum atomic E-state index is 12.8. The number of thioether (sulfide) groups is 2. The molecule has 3 heterocycles. The number of benzene rings is 1. The van der Waals surface area contributed by atoms with Gasteiger partial charge in [-0.25, -0.2) is 4.79 Å². The molecular formula is C19H19N7O6S2. The van der Waals surface area contributed by atoms with E-state index in [9.17, 15) is 29.4 Å². The summed E-state index contributed by atoms with van der Waals surface area (Å²) >= 11 is 2.37. The Morgan fingerprint density at radius 2 is 2.00 bits per heavy atom. The molecule has 0 bridgehead atoms. The van der Waals surface area contributed by atoms with Crippen LogP contribution in [0.1, 0.15) is 22.1 Å². The number of nitrogens with zero attached hydrogens (tertiary/aromatic N) is 3. The number of rotatable bonds is 8. The standard InChI is InChI=1S/C19H19N7O6S2/c20-10(7-1-3-9(27)4-2-7)15(29)22-12-17(30)26-13(19(31)32)8(6-34-18(12)26)5-33-16-11(14(21)28)23-25-24-16/h1-4,10,12,18,27H,5-6,20H2,(H2,21,28)(H,22,29)(H,31,32)(H,23,24,25)/t10-,12?,18-/m1/s1. The van der Waals surface area contributed by atoms with Gasteiger partial charge in [-0.1, -0.05) is 23.9 Å². The quantitative estimate of drug-likeness (QED) is 0.191. The van der Waals surface area contributed by atoms with Crippen LogP contribution in [-0.4, -0.2) is 77.1 Å². The molecule has 3 amide bonds. The Hall–Kier alpha value is -3.56. The number of fused-ring (bicyclic) bond motifs is 1. The Balaban J connectivity index is 1.46. The first kappa shape index (κ1) is 23.6. The van der Waals surface area contributed by atoms with Gasteiger partial charge in [0.25, 0.3) is 11.8 Å². The van der Waals surface area contributed by atoms with Gasteiger partial charge in [0.1, 0.15) is 28.9 Å². The number of nitrogens with one attached hydrogen (secondary N) is 2. The second kappa shape index (κ2) is 9.36. The van der Waals surface area contributed by atoms with E-state index in [1.807, 2.05) is 0 Å². The van der Waals surface area contributed by atoms with Crippen molar-refractivity contribution in [1.29, 1.82) is 0 Å². The van der Waals surface area contributed by atoms with E-state index in [0.717, 1.165) is 16.7 Å². The number of carboxylic acid groups (broad SMARTS) is 1. The number of aromatic nitrogens is 3. The highest BCUT2D eigenvalue weighted by molar-refractivity contribution is 8.01. The van der Waals surface area contributed by atoms with Crippen LogP contribution >= 0.6 is 23.5 Å². The molecular weight excluding hydrogens is 486 g/mol. The van der Waals surface area contributed by atoms with E-state index in [1.54, 1.807) is 0 Å². The maximum absolute atomic E-state index is 12.8. The molecule has 1 fully saturated rings. The molecule has 1 unspecified atom stereocenters. The molecule has 4 rings (SSSR count). The van der Waals surface area contributed by atoms with E-state index >= 15 is 0 Å². The van der Waals surface area contributed by atoms with E-state index in [4.69, 9.17) is 11.5 Å². The van der Waals surface area contributed by atoms with Crippen molar-refractivity contribution in [3.63, 3.8) is 0 Å². The first-order valence-corrected chi connectivity index (χ1v) is 11.8. The number of hydrogen-bond donors (Lipinski definition) is 6. The molecule has 1 saturated heterocycles. The Morgan fingerprint density at radius 3 is 2.65 bits per heavy atom. The average Bonchev–Trinajstić information content (AvgIpc) is 3.29. The molecule has 0 spiro atoms. The van der Waals surface area contributed by atoms with E-state index < -0.39 is 41.1 Å².